The van der Waals surface area contributed by atoms with E-state index in [1.807, 2.05) is 36.5 Å². The summed E-state index contributed by atoms with van der Waals surface area (Å²) >= 11 is 0. The van der Waals surface area contributed by atoms with Gasteiger partial charge in [-0.1, -0.05) is 36.5 Å². The van der Waals surface area contributed by atoms with Gasteiger partial charge in [0.25, 0.3) is 0 Å². The normalized spacial score (nSPS) is 22.6. The predicted octanol–water partition coefficient (Wildman–Crippen LogP) is 0.648. The summed E-state index contributed by atoms with van der Waals surface area (Å²) in [5.41, 5.74) is 0. The van der Waals surface area contributed by atoms with Gasteiger partial charge in [0.15, 0.2) is 0 Å². The van der Waals surface area contributed by atoms with E-state index in [1.54, 1.807) is 4.90 Å². The molecule has 1 aliphatic carbocycles. The van der Waals surface area contributed by atoms with E-state index in [-0.39, 0.29) is 23.8 Å². The molecule has 5 nitrogen and oxygen atoms in total. The van der Waals surface area contributed by atoms with Crippen LogP contribution in [-0.4, -0.2) is 49.1 Å². The van der Waals surface area contributed by atoms with Gasteiger partial charge in [-0.2, -0.15) is 0 Å². The number of amides is 2. The Morgan fingerprint density at radius 3 is 2.60 bits per heavy atom. The zero-order valence-electron chi connectivity index (χ0n) is 11.6. The number of carbonyl (C=O) groups excluding carboxylic acids is 2. The monoisotopic (exact) mass is 276 g/mol. The molecule has 0 aromatic rings. The summed E-state index contributed by atoms with van der Waals surface area (Å²) in [5.74, 6) is -0.223. The lowest BCUT2D eigenvalue weighted by Crippen LogP contribution is -2.50. The topological polar surface area (TPSA) is 58.6 Å². The summed E-state index contributed by atoms with van der Waals surface area (Å²) in [6.07, 6.45) is 11.2. The van der Waals surface area contributed by atoms with E-state index >= 15 is 0 Å². The number of morpholine rings is 1. The Kier molecular flexibility index (Phi) is 5.12. The highest BCUT2D eigenvalue weighted by Gasteiger charge is 2.27. The molecule has 2 aliphatic rings. The van der Waals surface area contributed by atoms with Crippen LogP contribution >= 0.6 is 0 Å². The largest absolute Gasteiger partial charge is 0.373 e. The molecular formula is C15H20N2O3. The molecule has 1 unspecified atom stereocenters. The van der Waals surface area contributed by atoms with E-state index in [0.717, 1.165) is 0 Å². The lowest BCUT2D eigenvalue weighted by atomic mass is 10.1. The van der Waals surface area contributed by atoms with Crippen molar-refractivity contribution >= 4 is 11.8 Å². The molecule has 2 rings (SSSR count). The molecule has 0 spiro atoms. The molecule has 0 radical (unpaired) electrons. The van der Waals surface area contributed by atoms with Gasteiger partial charge in [0.05, 0.1) is 18.6 Å². The number of nitrogens with one attached hydrogen (secondary N) is 1. The second kappa shape index (κ2) is 7.05. The molecule has 0 aromatic carbocycles. The molecule has 0 saturated carbocycles. The average molecular weight is 276 g/mol. The van der Waals surface area contributed by atoms with Gasteiger partial charge < -0.3 is 15.0 Å². The smallest absolute Gasteiger partial charge is 0.233 e. The second-order valence-electron chi connectivity index (χ2n) is 4.89. The maximum atomic E-state index is 12.4. The van der Waals surface area contributed by atoms with Gasteiger partial charge in [0.1, 0.15) is 0 Å². The van der Waals surface area contributed by atoms with Gasteiger partial charge in [-0.25, -0.2) is 0 Å². The molecule has 108 valence electrons. The first-order chi connectivity index (χ1) is 9.66. The highest BCUT2D eigenvalue weighted by molar-refractivity contribution is 5.82. The fourth-order valence-corrected chi connectivity index (χ4v) is 2.24. The van der Waals surface area contributed by atoms with Gasteiger partial charge in [-0.15, -0.1) is 0 Å². The van der Waals surface area contributed by atoms with Crippen molar-refractivity contribution in [3.8, 4) is 0 Å². The molecule has 1 heterocycles. The van der Waals surface area contributed by atoms with Crippen molar-refractivity contribution in [1.29, 1.82) is 0 Å². The van der Waals surface area contributed by atoms with Gasteiger partial charge in [0, 0.05) is 26.6 Å². The summed E-state index contributed by atoms with van der Waals surface area (Å²) < 4.78 is 5.56. The molecular weight excluding hydrogens is 256 g/mol. The summed E-state index contributed by atoms with van der Waals surface area (Å²) in [6, 6.07) is 0. The minimum atomic E-state index is -0.218. The van der Waals surface area contributed by atoms with E-state index in [2.05, 4.69) is 5.32 Å². The van der Waals surface area contributed by atoms with Crippen molar-refractivity contribution in [1.82, 2.24) is 10.2 Å². The molecule has 1 atom stereocenters. The van der Waals surface area contributed by atoms with Gasteiger partial charge in [-0.3, -0.25) is 9.59 Å². The zero-order chi connectivity index (χ0) is 14.4. The van der Waals surface area contributed by atoms with Crippen LogP contribution in [0.5, 0.6) is 0 Å². The third-order valence-corrected chi connectivity index (χ3v) is 3.28. The first kappa shape index (κ1) is 14.5. The van der Waals surface area contributed by atoms with Crippen LogP contribution in [0.2, 0.25) is 0 Å². The van der Waals surface area contributed by atoms with Crippen LogP contribution < -0.4 is 5.32 Å². The second-order valence-corrected chi connectivity index (χ2v) is 4.89. The van der Waals surface area contributed by atoms with Crippen LogP contribution in [-0.2, 0) is 14.3 Å². The SMILES string of the molecule is CC(=O)NCC1CN(C(=O)C2C=CC=CC=C2)CCO1. The average Bonchev–Trinajstić information content (AvgIpc) is 2.73. The molecule has 1 saturated heterocycles. The molecule has 0 bridgehead atoms. The summed E-state index contributed by atoms with van der Waals surface area (Å²) in [7, 11) is 0. The maximum absolute atomic E-state index is 12.4. The first-order valence-corrected chi connectivity index (χ1v) is 6.83. The molecule has 1 aliphatic heterocycles. The third-order valence-electron chi connectivity index (χ3n) is 3.28. The van der Waals surface area contributed by atoms with Crippen molar-refractivity contribution in [2.75, 3.05) is 26.2 Å². The van der Waals surface area contributed by atoms with E-state index in [1.165, 1.54) is 6.92 Å². The number of nitrogens with zero attached hydrogens (tertiary/aromatic N) is 1. The number of allylic oxidation sites excluding steroid dienone is 4. The highest BCUT2D eigenvalue weighted by atomic mass is 16.5. The van der Waals surface area contributed by atoms with Crippen molar-refractivity contribution in [2.45, 2.75) is 13.0 Å². The highest BCUT2D eigenvalue weighted by Crippen LogP contribution is 2.13. The van der Waals surface area contributed by atoms with Crippen molar-refractivity contribution < 1.29 is 14.3 Å². The molecule has 20 heavy (non-hydrogen) atoms. The van der Waals surface area contributed by atoms with E-state index in [4.69, 9.17) is 4.74 Å². The zero-order valence-corrected chi connectivity index (χ0v) is 11.6. The third kappa shape index (κ3) is 4.06. The Hall–Kier alpha value is -1.88. The van der Waals surface area contributed by atoms with Gasteiger partial charge in [-0.05, 0) is 0 Å². The maximum Gasteiger partial charge on any atom is 0.233 e. The fraction of sp³-hybridized carbons (Fsp3) is 0.467. The molecule has 1 N–H and O–H groups in total. The van der Waals surface area contributed by atoms with Crippen molar-refractivity contribution in [3.63, 3.8) is 0 Å². The Morgan fingerprint density at radius 1 is 1.25 bits per heavy atom. The standard InChI is InChI=1S/C15H20N2O3/c1-12(18)16-10-14-11-17(8-9-20-14)15(19)13-6-4-2-3-5-7-13/h2-7,13-14H,8-11H2,1H3,(H,16,18). The van der Waals surface area contributed by atoms with E-state index in [0.29, 0.717) is 26.2 Å². The quantitative estimate of drug-likeness (QED) is 0.823. The van der Waals surface area contributed by atoms with E-state index in [9.17, 15) is 9.59 Å². The van der Waals surface area contributed by atoms with Crippen LogP contribution in [0.4, 0.5) is 0 Å². The Balaban J connectivity index is 1.91. The van der Waals surface area contributed by atoms with Gasteiger partial charge >= 0.3 is 0 Å². The lowest BCUT2D eigenvalue weighted by molar-refractivity contribution is -0.140. The molecule has 5 heteroatoms. The van der Waals surface area contributed by atoms with Gasteiger partial charge in [0.2, 0.25) is 11.8 Å². The number of rotatable bonds is 3. The van der Waals surface area contributed by atoms with E-state index < -0.39 is 0 Å². The number of ether oxygens (including phenoxy) is 1. The van der Waals surface area contributed by atoms with Crippen molar-refractivity contribution in [2.24, 2.45) is 5.92 Å². The van der Waals surface area contributed by atoms with Crippen molar-refractivity contribution in [3.05, 3.63) is 36.5 Å². The molecule has 0 aromatic heterocycles. The Labute approximate surface area is 119 Å². The number of hydrogen-bond donors (Lipinski definition) is 1. The number of carbonyl (C=O) groups is 2. The predicted molar refractivity (Wildman–Crippen MR) is 75.9 cm³/mol. The minimum absolute atomic E-state index is 0.0809. The van der Waals surface area contributed by atoms with Crippen LogP contribution in [0.25, 0.3) is 0 Å². The lowest BCUT2D eigenvalue weighted by Gasteiger charge is -2.34. The summed E-state index contributed by atoms with van der Waals surface area (Å²) in [5, 5.41) is 2.72. The minimum Gasteiger partial charge on any atom is -0.373 e. The van der Waals surface area contributed by atoms with Crippen LogP contribution in [0.3, 0.4) is 0 Å². The van der Waals surface area contributed by atoms with Crippen LogP contribution in [0.15, 0.2) is 36.5 Å². The molecule has 1 fully saturated rings. The van der Waals surface area contributed by atoms with Crippen LogP contribution in [0.1, 0.15) is 6.92 Å². The Bertz CT molecular complexity index is 438. The summed E-state index contributed by atoms with van der Waals surface area (Å²) in [6.45, 7) is 3.54. The Morgan fingerprint density at radius 2 is 1.95 bits per heavy atom. The first-order valence-electron chi connectivity index (χ1n) is 6.83. The summed E-state index contributed by atoms with van der Waals surface area (Å²) in [4.78, 5) is 25.2. The molecule has 2 amide bonds. The number of hydrogen-bond acceptors (Lipinski definition) is 3. The fourth-order valence-electron chi connectivity index (χ4n) is 2.24. The van der Waals surface area contributed by atoms with Crippen LogP contribution in [0, 0.1) is 5.92 Å².